The molecular formula is C14H16O3. The number of fused-ring (bicyclic) bond motifs is 2. The molecule has 0 aromatic rings. The highest BCUT2D eigenvalue weighted by atomic mass is 16.6. The lowest BCUT2D eigenvalue weighted by molar-refractivity contribution is -0.146. The molecule has 0 amide bonds. The zero-order chi connectivity index (χ0) is 12.0. The molecule has 1 spiro atoms. The maximum Gasteiger partial charge on any atom is 0.309 e. The number of ketones is 1. The van der Waals surface area contributed by atoms with Gasteiger partial charge in [-0.25, -0.2) is 0 Å². The van der Waals surface area contributed by atoms with Gasteiger partial charge >= 0.3 is 5.97 Å². The summed E-state index contributed by atoms with van der Waals surface area (Å²) < 4.78 is 5.61. The molecule has 1 heterocycles. The van der Waals surface area contributed by atoms with Crippen LogP contribution in [-0.4, -0.2) is 17.9 Å². The minimum atomic E-state index is -0.267. The van der Waals surface area contributed by atoms with Gasteiger partial charge in [0, 0.05) is 16.7 Å². The molecule has 2 saturated carbocycles. The lowest BCUT2D eigenvalue weighted by atomic mass is 9.74. The number of esters is 1. The summed E-state index contributed by atoms with van der Waals surface area (Å²) in [5.74, 6) is 0.892. The van der Waals surface area contributed by atoms with Crippen molar-refractivity contribution in [2.75, 3.05) is 0 Å². The van der Waals surface area contributed by atoms with E-state index in [4.69, 9.17) is 4.74 Å². The van der Waals surface area contributed by atoms with Crippen molar-refractivity contribution in [3.8, 4) is 0 Å². The van der Waals surface area contributed by atoms with E-state index in [1.807, 2.05) is 13.0 Å². The van der Waals surface area contributed by atoms with Crippen molar-refractivity contribution < 1.29 is 14.3 Å². The summed E-state index contributed by atoms with van der Waals surface area (Å²) in [7, 11) is 0. The monoisotopic (exact) mass is 232 g/mol. The van der Waals surface area contributed by atoms with Crippen LogP contribution in [0.4, 0.5) is 0 Å². The fourth-order valence-electron chi connectivity index (χ4n) is 4.92. The molecule has 3 aliphatic carbocycles. The number of ether oxygens (including phenoxy) is 1. The third-order valence-corrected chi connectivity index (χ3v) is 6.02. The van der Waals surface area contributed by atoms with E-state index in [-0.39, 0.29) is 34.6 Å². The third kappa shape index (κ3) is 0.763. The lowest BCUT2D eigenvalue weighted by Crippen LogP contribution is -2.34. The molecule has 1 aliphatic heterocycles. The van der Waals surface area contributed by atoms with Crippen LogP contribution in [0.15, 0.2) is 12.2 Å². The fourth-order valence-corrected chi connectivity index (χ4v) is 4.92. The molecule has 3 nitrogen and oxygen atoms in total. The molecule has 4 aliphatic rings. The normalized spacial score (nSPS) is 58.5. The van der Waals surface area contributed by atoms with E-state index >= 15 is 0 Å². The highest BCUT2D eigenvalue weighted by Gasteiger charge is 2.84. The molecular weight excluding hydrogens is 216 g/mol. The van der Waals surface area contributed by atoms with Gasteiger partial charge in [0.15, 0.2) is 5.78 Å². The molecule has 1 saturated heterocycles. The summed E-state index contributed by atoms with van der Waals surface area (Å²) in [5.41, 5.74) is -0.413. The topological polar surface area (TPSA) is 43.4 Å². The minimum absolute atomic E-state index is 0.00396. The molecule has 0 bridgehead atoms. The Morgan fingerprint density at radius 1 is 1.35 bits per heavy atom. The van der Waals surface area contributed by atoms with Gasteiger partial charge in [0.2, 0.25) is 0 Å². The van der Waals surface area contributed by atoms with Crippen LogP contribution in [0.25, 0.3) is 0 Å². The molecule has 0 N–H and O–H groups in total. The van der Waals surface area contributed by atoms with Gasteiger partial charge in [-0.05, 0) is 24.8 Å². The first kappa shape index (κ1) is 9.86. The SMILES string of the molecule is C[C@H]1C(=O)O[C@H]2[C@H]1CC[C@H]1[C@@]23C=CC(=O)[C@]13C. The first-order valence-corrected chi connectivity index (χ1v) is 6.47. The van der Waals surface area contributed by atoms with E-state index in [0.717, 1.165) is 12.8 Å². The molecule has 17 heavy (non-hydrogen) atoms. The van der Waals surface area contributed by atoms with Crippen LogP contribution < -0.4 is 0 Å². The summed E-state index contributed by atoms with van der Waals surface area (Å²) in [6.45, 7) is 4.02. The maximum absolute atomic E-state index is 12.0. The van der Waals surface area contributed by atoms with E-state index < -0.39 is 0 Å². The smallest absolute Gasteiger partial charge is 0.309 e. The van der Waals surface area contributed by atoms with E-state index in [1.54, 1.807) is 6.08 Å². The Morgan fingerprint density at radius 3 is 2.88 bits per heavy atom. The van der Waals surface area contributed by atoms with Gasteiger partial charge < -0.3 is 4.74 Å². The average molecular weight is 232 g/mol. The number of carbonyl (C=O) groups is 2. The molecule has 0 aromatic carbocycles. The Labute approximate surface area is 100 Å². The molecule has 4 rings (SSSR count). The van der Waals surface area contributed by atoms with E-state index in [0.29, 0.717) is 11.8 Å². The molecule has 0 aromatic heterocycles. The summed E-state index contributed by atoms with van der Waals surface area (Å²) in [4.78, 5) is 23.8. The highest BCUT2D eigenvalue weighted by Crippen LogP contribution is 2.80. The highest BCUT2D eigenvalue weighted by molar-refractivity contribution is 6.03. The Balaban J connectivity index is 1.82. The second-order valence-corrected chi connectivity index (χ2v) is 6.27. The molecule has 90 valence electrons. The van der Waals surface area contributed by atoms with Crippen molar-refractivity contribution in [3.63, 3.8) is 0 Å². The van der Waals surface area contributed by atoms with Crippen LogP contribution >= 0.6 is 0 Å². The summed E-state index contributed by atoms with van der Waals surface area (Å²) in [5, 5.41) is 0. The predicted octanol–water partition coefficient (Wildman–Crippen LogP) is 1.72. The lowest BCUT2D eigenvalue weighted by Gasteiger charge is -2.30. The molecule has 0 radical (unpaired) electrons. The number of hydrogen-bond acceptors (Lipinski definition) is 3. The van der Waals surface area contributed by atoms with Crippen LogP contribution in [0, 0.1) is 28.6 Å². The first-order chi connectivity index (χ1) is 8.03. The molecule has 6 atom stereocenters. The third-order valence-electron chi connectivity index (χ3n) is 6.02. The number of rotatable bonds is 0. The standard InChI is InChI=1S/C14H16O3/c1-7-8-3-4-9-13(2)10(15)5-6-14(9,13)11(8)17-12(7)16/h5-9,11H,3-4H2,1-2H3/t7-,8+,9-,11+,13+,14+/m1/s1. The number of allylic oxidation sites excluding steroid dienone is 1. The average Bonchev–Trinajstić information content (AvgIpc) is 2.58. The largest absolute Gasteiger partial charge is 0.461 e. The van der Waals surface area contributed by atoms with Crippen LogP contribution in [0.3, 0.4) is 0 Å². The van der Waals surface area contributed by atoms with Gasteiger partial charge in [0.05, 0.1) is 5.92 Å². The zero-order valence-electron chi connectivity index (χ0n) is 10.1. The Hall–Kier alpha value is -1.12. The van der Waals surface area contributed by atoms with Gasteiger partial charge in [0.25, 0.3) is 0 Å². The Morgan fingerprint density at radius 2 is 2.12 bits per heavy atom. The van der Waals surface area contributed by atoms with Crippen LogP contribution in [0.1, 0.15) is 26.7 Å². The van der Waals surface area contributed by atoms with Crippen LogP contribution in [-0.2, 0) is 14.3 Å². The molecule has 0 unspecified atom stereocenters. The Bertz CT molecular complexity index is 480. The van der Waals surface area contributed by atoms with Crippen molar-refractivity contribution in [2.45, 2.75) is 32.8 Å². The number of hydrogen-bond donors (Lipinski definition) is 0. The maximum atomic E-state index is 12.0. The van der Waals surface area contributed by atoms with E-state index in [2.05, 4.69) is 6.92 Å². The van der Waals surface area contributed by atoms with Crippen molar-refractivity contribution in [1.29, 1.82) is 0 Å². The van der Waals surface area contributed by atoms with Crippen molar-refractivity contribution in [2.24, 2.45) is 28.6 Å². The van der Waals surface area contributed by atoms with Gasteiger partial charge in [-0.3, -0.25) is 9.59 Å². The van der Waals surface area contributed by atoms with Crippen LogP contribution in [0.2, 0.25) is 0 Å². The van der Waals surface area contributed by atoms with Crippen LogP contribution in [0.5, 0.6) is 0 Å². The van der Waals surface area contributed by atoms with Crippen molar-refractivity contribution >= 4 is 11.8 Å². The zero-order valence-corrected chi connectivity index (χ0v) is 10.1. The predicted molar refractivity (Wildman–Crippen MR) is 59.9 cm³/mol. The quantitative estimate of drug-likeness (QED) is 0.597. The summed E-state index contributed by atoms with van der Waals surface area (Å²) in [6, 6.07) is 0. The van der Waals surface area contributed by atoms with Crippen molar-refractivity contribution in [1.82, 2.24) is 0 Å². The Kier molecular flexibility index (Phi) is 1.45. The number of carbonyl (C=O) groups excluding carboxylic acids is 2. The van der Waals surface area contributed by atoms with E-state index in [1.165, 1.54) is 0 Å². The molecule has 3 heteroatoms. The second kappa shape index (κ2) is 2.50. The first-order valence-electron chi connectivity index (χ1n) is 6.47. The van der Waals surface area contributed by atoms with Gasteiger partial charge in [0.1, 0.15) is 6.10 Å². The van der Waals surface area contributed by atoms with Gasteiger partial charge in [-0.15, -0.1) is 0 Å². The molecule has 3 fully saturated rings. The summed E-state index contributed by atoms with van der Waals surface area (Å²) >= 11 is 0. The van der Waals surface area contributed by atoms with Gasteiger partial charge in [-0.1, -0.05) is 19.9 Å². The summed E-state index contributed by atoms with van der Waals surface area (Å²) in [6.07, 6.45) is 5.80. The van der Waals surface area contributed by atoms with Gasteiger partial charge in [-0.2, -0.15) is 0 Å². The van der Waals surface area contributed by atoms with Crippen molar-refractivity contribution in [3.05, 3.63) is 12.2 Å². The second-order valence-electron chi connectivity index (χ2n) is 6.27. The van der Waals surface area contributed by atoms with E-state index in [9.17, 15) is 9.59 Å². The fraction of sp³-hybridized carbons (Fsp3) is 0.714. The minimum Gasteiger partial charge on any atom is -0.461 e.